The first-order chi connectivity index (χ1) is 11.3. The maximum Gasteiger partial charge on any atom is 0.415 e. The van der Waals surface area contributed by atoms with Gasteiger partial charge in [-0.05, 0) is 61.7 Å². The topological polar surface area (TPSA) is 84.9 Å². The summed E-state index contributed by atoms with van der Waals surface area (Å²) in [5.41, 5.74) is -0.0327. The summed E-state index contributed by atoms with van der Waals surface area (Å²) in [6.07, 6.45) is 7.05. The summed E-state index contributed by atoms with van der Waals surface area (Å²) in [4.78, 5) is 23.4. The Labute approximate surface area is 142 Å². The lowest BCUT2D eigenvalue weighted by Gasteiger charge is -2.56. The van der Waals surface area contributed by atoms with Gasteiger partial charge in [0.15, 0.2) is 5.78 Å². The van der Waals surface area contributed by atoms with Gasteiger partial charge in [0.2, 0.25) is 0 Å². The number of rotatable bonds is 8. The summed E-state index contributed by atoms with van der Waals surface area (Å²) in [7, 11) is 0. The Morgan fingerprint density at radius 3 is 2.17 bits per heavy atom. The average molecular weight is 365 g/mol. The first kappa shape index (κ1) is 18.0. The highest BCUT2D eigenvalue weighted by atomic mass is 32.2. The lowest BCUT2D eigenvalue weighted by atomic mass is 9.48. The Balaban J connectivity index is 1.49. The molecule has 6 nitrogen and oxygen atoms in total. The van der Waals surface area contributed by atoms with Crippen molar-refractivity contribution in [2.45, 2.75) is 50.2 Å². The molecular weight excluding hydrogens is 346 g/mol. The maximum absolute atomic E-state index is 13.2. The lowest BCUT2D eigenvalue weighted by Crippen LogP contribution is -2.47. The molecule has 0 atom stereocenters. The van der Waals surface area contributed by atoms with Crippen molar-refractivity contribution in [1.29, 1.82) is 0 Å². The Kier molecular flexibility index (Phi) is 5.15. The normalized spacial score (nSPS) is 34.4. The lowest BCUT2D eigenvalue weighted by molar-refractivity contribution is -0.777. The van der Waals surface area contributed by atoms with Crippen molar-refractivity contribution in [3.05, 3.63) is 0 Å². The number of alkyl halides is 2. The molecule has 24 heavy (non-hydrogen) atoms. The quantitative estimate of drug-likeness (QED) is 0.282. The molecule has 0 N–H and O–H groups in total. The van der Waals surface area contributed by atoms with Gasteiger partial charge in [-0.15, -0.1) is 0 Å². The van der Waals surface area contributed by atoms with Crippen molar-refractivity contribution < 1.29 is 37.7 Å². The summed E-state index contributed by atoms with van der Waals surface area (Å²) >= 11 is -0.760. The van der Waals surface area contributed by atoms with Gasteiger partial charge >= 0.3 is 11.2 Å². The van der Waals surface area contributed by atoms with E-state index in [2.05, 4.69) is 14.1 Å². The summed E-state index contributed by atoms with van der Waals surface area (Å²) in [6.45, 7) is -0.686. The van der Waals surface area contributed by atoms with E-state index < -0.39 is 29.9 Å². The first-order valence-corrected chi connectivity index (χ1v) is 8.77. The zero-order chi connectivity index (χ0) is 17.4. The highest BCUT2D eigenvalue weighted by Crippen LogP contribution is 2.61. The van der Waals surface area contributed by atoms with Crippen LogP contribution < -0.4 is 5.26 Å². The molecule has 0 radical (unpaired) electrons. The van der Waals surface area contributed by atoms with Crippen molar-refractivity contribution in [1.82, 2.24) is 0 Å². The minimum Gasteiger partial charge on any atom is -0.691 e. The number of ether oxygens (including phenoxy) is 1. The number of carbonyl (C=O) groups is 2. The number of Topliss-reactive ketones (excluding diaryl/α,β-unsaturated/α-hetero) is 1. The Bertz CT molecular complexity index is 477. The van der Waals surface area contributed by atoms with Crippen LogP contribution in [0.2, 0.25) is 0 Å². The minimum atomic E-state index is -4.11. The molecular formula is C15H19F2O6S-. The van der Waals surface area contributed by atoms with E-state index in [1.807, 2.05) is 0 Å². The van der Waals surface area contributed by atoms with Crippen LogP contribution in [0.3, 0.4) is 0 Å². The van der Waals surface area contributed by atoms with Gasteiger partial charge in [-0.1, -0.05) is 0 Å². The second-order valence-corrected chi connectivity index (χ2v) is 8.26. The molecule has 0 unspecified atom stereocenters. The summed E-state index contributed by atoms with van der Waals surface area (Å²) in [5, 5.41) is 8.20. The monoisotopic (exact) mass is 365 g/mol. The van der Waals surface area contributed by atoms with E-state index in [9.17, 15) is 23.6 Å². The van der Waals surface area contributed by atoms with E-state index in [0.29, 0.717) is 17.8 Å². The van der Waals surface area contributed by atoms with Gasteiger partial charge in [0.1, 0.15) is 18.6 Å². The Morgan fingerprint density at radius 2 is 1.67 bits per heavy atom. The summed E-state index contributed by atoms with van der Waals surface area (Å²) in [6, 6.07) is 0. The smallest absolute Gasteiger partial charge is 0.415 e. The van der Waals surface area contributed by atoms with Crippen LogP contribution in [0.4, 0.5) is 8.78 Å². The molecule has 4 aliphatic carbocycles. The van der Waals surface area contributed by atoms with Crippen LogP contribution in [0.1, 0.15) is 44.9 Å². The molecule has 4 saturated carbocycles. The van der Waals surface area contributed by atoms with Gasteiger partial charge in [0, 0.05) is 6.42 Å². The fourth-order valence-electron chi connectivity index (χ4n) is 5.30. The van der Waals surface area contributed by atoms with E-state index >= 15 is 0 Å². The molecule has 0 heterocycles. The summed E-state index contributed by atoms with van der Waals surface area (Å²) in [5.74, 6) is -0.236. The maximum atomic E-state index is 13.2. The van der Waals surface area contributed by atoms with Gasteiger partial charge in [0.25, 0.3) is 0 Å². The van der Waals surface area contributed by atoms with Crippen LogP contribution in [0, 0.1) is 23.2 Å². The molecule has 0 aromatic rings. The van der Waals surface area contributed by atoms with E-state index in [4.69, 9.17) is 0 Å². The van der Waals surface area contributed by atoms with Crippen molar-refractivity contribution in [3.63, 3.8) is 0 Å². The first-order valence-electron chi connectivity index (χ1n) is 8.03. The Hall–Kier alpha value is -0.770. The number of carbonyl (C=O) groups excluding carboxylic acids is 2. The van der Waals surface area contributed by atoms with E-state index in [0.717, 1.165) is 19.3 Å². The third kappa shape index (κ3) is 3.89. The summed E-state index contributed by atoms with van der Waals surface area (Å²) < 4.78 is 34.2. The van der Waals surface area contributed by atoms with Crippen molar-refractivity contribution in [2.75, 3.05) is 6.61 Å². The van der Waals surface area contributed by atoms with Gasteiger partial charge < -0.3 is 9.99 Å². The Morgan fingerprint density at radius 1 is 1.12 bits per heavy atom. The van der Waals surface area contributed by atoms with Crippen LogP contribution in [0.15, 0.2) is 0 Å². The second kappa shape index (κ2) is 6.86. The van der Waals surface area contributed by atoms with E-state index in [1.165, 1.54) is 19.3 Å². The van der Waals surface area contributed by atoms with Crippen LogP contribution in [-0.2, 0) is 23.7 Å². The molecule has 0 amide bonds. The van der Waals surface area contributed by atoms with Gasteiger partial charge in [-0.25, -0.2) is 4.79 Å². The number of ketones is 1. The zero-order valence-electron chi connectivity index (χ0n) is 13.0. The van der Waals surface area contributed by atoms with Crippen LogP contribution in [0.25, 0.3) is 0 Å². The SMILES string of the molecule is O=C(COC(=O)C(F)(F)SOO[O-])CC12CC3CC(CC(C3)C1)C2. The highest BCUT2D eigenvalue weighted by molar-refractivity contribution is 7.96. The minimum absolute atomic E-state index is 0.0327. The molecule has 4 rings (SSSR count). The predicted octanol–water partition coefficient (Wildman–Crippen LogP) is 2.17. The molecule has 0 aromatic carbocycles. The van der Waals surface area contributed by atoms with Crippen molar-refractivity contribution in [3.8, 4) is 0 Å². The van der Waals surface area contributed by atoms with Gasteiger partial charge in [0.05, 0.1) is 0 Å². The average Bonchev–Trinajstić information content (AvgIpc) is 2.48. The fraction of sp³-hybridized carbons (Fsp3) is 0.867. The van der Waals surface area contributed by atoms with Crippen molar-refractivity contribution in [2.24, 2.45) is 23.2 Å². The number of esters is 1. The molecule has 4 bridgehead atoms. The highest BCUT2D eigenvalue weighted by Gasteiger charge is 2.51. The fourth-order valence-corrected chi connectivity index (χ4v) is 5.54. The molecule has 0 aliphatic heterocycles. The van der Waals surface area contributed by atoms with Crippen LogP contribution in [-0.4, -0.2) is 23.6 Å². The van der Waals surface area contributed by atoms with Crippen LogP contribution >= 0.6 is 12.0 Å². The molecule has 0 saturated heterocycles. The van der Waals surface area contributed by atoms with Gasteiger partial charge in [-0.2, -0.15) is 13.1 Å². The van der Waals surface area contributed by atoms with Crippen molar-refractivity contribution >= 4 is 23.8 Å². The standard InChI is InChI=1S/C15H20F2O6S/c16-15(17,24-23-22-20)13(19)21-8-12(18)7-14-4-9-1-10(5-14)3-11(2-9)6-14/h9-11,20H,1-8H2/p-1. The second-order valence-electron chi connectivity index (χ2n) is 7.45. The molecule has 0 aromatic heterocycles. The van der Waals surface area contributed by atoms with E-state index in [1.54, 1.807) is 0 Å². The van der Waals surface area contributed by atoms with Crippen LogP contribution in [0.5, 0.6) is 0 Å². The zero-order valence-corrected chi connectivity index (χ0v) is 13.8. The third-order valence-electron chi connectivity index (χ3n) is 5.51. The predicted molar refractivity (Wildman–Crippen MR) is 75.9 cm³/mol. The number of hydrogen-bond donors (Lipinski definition) is 0. The number of hydrogen-bond acceptors (Lipinski definition) is 7. The van der Waals surface area contributed by atoms with Gasteiger partial charge in [-0.3, -0.25) is 9.83 Å². The number of halogens is 2. The molecule has 4 aliphatic rings. The molecule has 4 fully saturated rings. The van der Waals surface area contributed by atoms with E-state index in [-0.39, 0.29) is 17.6 Å². The molecule has 136 valence electrons. The molecule has 0 spiro atoms. The molecule has 9 heteroatoms. The third-order valence-corrected chi connectivity index (χ3v) is 6.01. The largest absolute Gasteiger partial charge is 0.691 e.